The molecule has 0 aromatic heterocycles. The van der Waals surface area contributed by atoms with Gasteiger partial charge in [0.1, 0.15) is 0 Å². The first kappa shape index (κ1) is 14.4. The topological polar surface area (TPSA) is 12.0 Å². The molecule has 0 aromatic rings. The third-order valence-corrected chi connectivity index (χ3v) is 1.69. The van der Waals surface area contributed by atoms with E-state index in [9.17, 15) is 0 Å². The van der Waals surface area contributed by atoms with Crippen molar-refractivity contribution in [3.63, 3.8) is 0 Å². The monoisotopic (exact) mass is 191 g/mol. The van der Waals surface area contributed by atoms with Crippen molar-refractivity contribution in [1.82, 2.24) is 5.32 Å². The zero-order valence-electron chi connectivity index (χ0n) is 8.52. The fourth-order valence-corrected chi connectivity index (χ4v) is 1.04. The average Bonchev–Trinajstić information content (AvgIpc) is 1.99. The van der Waals surface area contributed by atoms with Gasteiger partial charge in [-0.1, -0.05) is 32.8 Å². The Morgan fingerprint density at radius 1 is 1.25 bits per heavy atom. The molecule has 0 unspecified atom stereocenters. The highest BCUT2D eigenvalue weighted by Crippen LogP contribution is 1.94. The molecule has 0 atom stereocenters. The van der Waals surface area contributed by atoms with Gasteiger partial charge in [-0.2, -0.15) is 0 Å². The fraction of sp³-hybridized carbons (Fsp3) is 0.800. The van der Waals surface area contributed by atoms with Crippen LogP contribution in [0.25, 0.3) is 0 Å². The van der Waals surface area contributed by atoms with Crippen LogP contribution in [0.2, 0.25) is 0 Å². The third-order valence-electron chi connectivity index (χ3n) is 1.69. The molecule has 0 amide bonds. The van der Waals surface area contributed by atoms with E-state index in [-0.39, 0.29) is 12.4 Å². The van der Waals surface area contributed by atoms with Gasteiger partial charge in [-0.05, 0) is 19.8 Å². The van der Waals surface area contributed by atoms with Crippen LogP contribution >= 0.6 is 12.4 Å². The van der Waals surface area contributed by atoms with Crippen molar-refractivity contribution in [3.8, 4) is 0 Å². The molecule has 0 spiro atoms. The maximum absolute atomic E-state index is 3.38. The maximum atomic E-state index is 3.38. The summed E-state index contributed by atoms with van der Waals surface area (Å²) in [6, 6.07) is 0. The van der Waals surface area contributed by atoms with Crippen LogP contribution in [0.15, 0.2) is 11.8 Å². The van der Waals surface area contributed by atoms with Gasteiger partial charge in [0.25, 0.3) is 0 Å². The number of halogens is 1. The van der Waals surface area contributed by atoms with E-state index < -0.39 is 0 Å². The van der Waals surface area contributed by atoms with Crippen LogP contribution in [0.4, 0.5) is 0 Å². The first-order valence-corrected chi connectivity index (χ1v) is 4.71. The highest BCUT2D eigenvalue weighted by Gasteiger charge is 1.86. The lowest BCUT2D eigenvalue weighted by molar-refractivity contribution is 0.666. The number of unbranched alkanes of at least 4 members (excludes halogenated alkanes) is 2. The third kappa shape index (κ3) is 9.83. The lowest BCUT2D eigenvalue weighted by Crippen LogP contribution is -2.12. The SMILES string of the molecule is CC/C=C(\C)NCCCCC.Cl. The van der Waals surface area contributed by atoms with E-state index in [1.165, 1.54) is 25.0 Å². The lowest BCUT2D eigenvalue weighted by Gasteiger charge is -2.04. The summed E-state index contributed by atoms with van der Waals surface area (Å²) < 4.78 is 0. The number of nitrogens with one attached hydrogen (secondary N) is 1. The van der Waals surface area contributed by atoms with Crippen LogP contribution in [0.5, 0.6) is 0 Å². The molecule has 74 valence electrons. The Balaban J connectivity index is 0. The fourth-order valence-electron chi connectivity index (χ4n) is 1.04. The summed E-state index contributed by atoms with van der Waals surface area (Å²) in [5, 5.41) is 3.38. The van der Waals surface area contributed by atoms with E-state index in [4.69, 9.17) is 0 Å². The molecular weight excluding hydrogens is 170 g/mol. The van der Waals surface area contributed by atoms with Crippen molar-refractivity contribution >= 4 is 12.4 Å². The maximum Gasteiger partial charge on any atom is 0.0143 e. The van der Waals surface area contributed by atoms with Crippen LogP contribution in [-0.4, -0.2) is 6.54 Å². The molecule has 0 bridgehead atoms. The van der Waals surface area contributed by atoms with E-state index >= 15 is 0 Å². The minimum Gasteiger partial charge on any atom is -0.389 e. The first-order valence-electron chi connectivity index (χ1n) is 4.71. The molecule has 0 fully saturated rings. The Morgan fingerprint density at radius 2 is 1.92 bits per heavy atom. The molecule has 0 radical (unpaired) electrons. The van der Waals surface area contributed by atoms with Crippen LogP contribution < -0.4 is 5.32 Å². The molecule has 0 heterocycles. The Morgan fingerprint density at radius 3 is 2.42 bits per heavy atom. The van der Waals surface area contributed by atoms with Crippen LogP contribution in [0.1, 0.15) is 46.5 Å². The number of hydrogen-bond acceptors (Lipinski definition) is 1. The van der Waals surface area contributed by atoms with E-state index in [0.717, 1.165) is 13.0 Å². The predicted octanol–water partition coefficient (Wildman–Crippen LogP) is 3.50. The van der Waals surface area contributed by atoms with Gasteiger partial charge in [0.2, 0.25) is 0 Å². The van der Waals surface area contributed by atoms with Gasteiger partial charge >= 0.3 is 0 Å². The minimum atomic E-state index is 0. The smallest absolute Gasteiger partial charge is 0.0143 e. The largest absolute Gasteiger partial charge is 0.389 e. The predicted molar refractivity (Wildman–Crippen MR) is 58.8 cm³/mol. The highest BCUT2D eigenvalue weighted by atomic mass is 35.5. The summed E-state index contributed by atoms with van der Waals surface area (Å²) in [6.45, 7) is 7.66. The van der Waals surface area contributed by atoms with Crippen LogP contribution in [0.3, 0.4) is 0 Å². The molecule has 0 aliphatic heterocycles. The molecule has 1 nitrogen and oxygen atoms in total. The molecule has 1 N–H and O–H groups in total. The molecule has 0 aromatic carbocycles. The summed E-state index contributed by atoms with van der Waals surface area (Å²) in [4.78, 5) is 0. The van der Waals surface area contributed by atoms with E-state index in [1.54, 1.807) is 0 Å². The molecule has 12 heavy (non-hydrogen) atoms. The second kappa shape index (κ2) is 10.8. The molecule has 0 saturated carbocycles. The van der Waals surface area contributed by atoms with Gasteiger partial charge in [-0.25, -0.2) is 0 Å². The van der Waals surface area contributed by atoms with Crippen molar-refractivity contribution < 1.29 is 0 Å². The Bertz CT molecular complexity index is 110. The Kier molecular flexibility index (Phi) is 13.0. The Hall–Kier alpha value is -0.170. The van der Waals surface area contributed by atoms with Gasteiger partial charge in [-0.3, -0.25) is 0 Å². The van der Waals surface area contributed by atoms with Crippen molar-refractivity contribution in [1.29, 1.82) is 0 Å². The van der Waals surface area contributed by atoms with Gasteiger partial charge in [0.15, 0.2) is 0 Å². The number of rotatable bonds is 6. The van der Waals surface area contributed by atoms with Gasteiger partial charge < -0.3 is 5.32 Å². The summed E-state index contributed by atoms with van der Waals surface area (Å²) in [5.74, 6) is 0. The average molecular weight is 192 g/mol. The summed E-state index contributed by atoms with van der Waals surface area (Å²) in [7, 11) is 0. The molecule has 0 rings (SSSR count). The molecule has 0 aliphatic carbocycles. The number of allylic oxidation sites excluding steroid dienone is 2. The summed E-state index contributed by atoms with van der Waals surface area (Å²) in [6.07, 6.45) is 7.30. The van der Waals surface area contributed by atoms with Gasteiger partial charge in [-0.15, -0.1) is 12.4 Å². The standard InChI is InChI=1S/C10H21N.ClH/c1-4-6-7-9-11-10(3)8-5-2;/h8,11H,4-7,9H2,1-3H3;1H/b10-8+;. The van der Waals surface area contributed by atoms with Crippen molar-refractivity contribution in [2.45, 2.75) is 46.5 Å². The van der Waals surface area contributed by atoms with Crippen LogP contribution in [0, 0.1) is 0 Å². The summed E-state index contributed by atoms with van der Waals surface area (Å²) in [5.41, 5.74) is 1.32. The van der Waals surface area contributed by atoms with Gasteiger partial charge in [0, 0.05) is 12.2 Å². The highest BCUT2D eigenvalue weighted by molar-refractivity contribution is 5.85. The minimum absolute atomic E-state index is 0. The van der Waals surface area contributed by atoms with Crippen LogP contribution in [-0.2, 0) is 0 Å². The van der Waals surface area contributed by atoms with E-state index in [0.29, 0.717) is 0 Å². The Labute approximate surface area is 83.0 Å². The van der Waals surface area contributed by atoms with Crippen molar-refractivity contribution in [3.05, 3.63) is 11.8 Å². The normalized spacial score (nSPS) is 10.8. The van der Waals surface area contributed by atoms with E-state index in [1.807, 2.05) is 0 Å². The van der Waals surface area contributed by atoms with Crippen molar-refractivity contribution in [2.24, 2.45) is 0 Å². The number of hydrogen-bond donors (Lipinski definition) is 1. The zero-order chi connectivity index (χ0) is 8.53. The second-order valence-corrected chi connectivity index (χ2v) is 2.93. The second-order valence-electron chi connectivity index (χ2n) is 2.93. The van der Waals surface area contributed by atoms with E-state index in [2.05, 4.69) is 32.2 Å². The molecular formula is C10H22ClN. The molecule has 0 aliphatic rings. The lowest BCUT2D eigenvalue weighted by atomic mass is 10.2. The summed E-state index contributed by atoms with van der Waals surface area (Å²) >= 11 is 0. The molecule has 2 heteroatoms. The molecule has 0 saturated heterocycles. The quantitative estimate of drug-likeness (QED) is 0.634. The van der Waals surface area contributed by atoms with Crippen molar-refractivity contribution in [2.75, 3.05) is 6.54 Å². The first-order chi connectivity index (χ1) is 5.31. The van der Waals surface area contributed by atoms with Gasteiger partial charge in [0.05, 0.1) is 0 Å². The zero-order valence-corrected chi connectivity index (χ0v) is 9.34.